The maximum Gasteiger partial charge on any atom is 0.254 e. The molecule has 0 aliphatic heterocycles. The zero-order valence-corrected chi connectivity index (χ0v) is 17.4. The van der Waals surface area contributed by atoms with Crippen LogP contribution in [0.2, 0.25) is 0 Å². The number of nitrogens with zero attached hydrogens (tertiary/aromatic N) is 2. The van der Waals surface area contributed by atoms with Gasteiger partial charge in [-0.1, -0.05) is 30.4 Å². The fourth-order valence-corrected chi connectivity index (χ4v) is 4.07. The van der Waals surface area contributed by atoms with Crippen molar-refractivity contribution in [2.75, 3.05) is 12.5 Å². The lowest BCUT2D eigenvalue weighted by atomic mass is 9.98. The molecule has 1 aromatic heterocycles. The molecule has 0 atom stereocenters. The van der Waals surface area contributed by atoms with Crippen molar-refractivity contribution in [1.82, 2.24) is 4.57 Å². The van der Waals surface area contributed by atoms with E-state index in [-0.39, 0.29) is 5.56 Å². The Labute approximate surface area is 170 Å². The number of hydrogen-bond acceptors (Lipinski definition) is 4. The normalized spacial score (nSPS) is 12.7. The highest BCUT2D eigenvalue weighted by atomic mass is 32.2. The summed E-state index contributed by atoms with van der Waals surface area (Å²) in [7, 11) is -0.558. The van der Waals surface area contributed by atoms with Crippen LogP contribution in [0.15, 0.2) is 70.0 Å². The van der Waals surface area contributed by atoms with Gasteiger partial charge in [0.1, 0.15) is 11.5 Å². The highest BCUT2D eigenvalue weighted by Gasteiger charge is 2.20. The Balaban J connectivity index is 1.95. The maximum absolute atomic E-state index is 12.5. The van der Waals surface area contributed by atoms with Gasteiger partial charge in [0.25, 0.3) is 5.56 Å². The van der Waals surface area contributed by atoms with Gasteiger partial charge in [0, 0.05) is 52.2 Å². The van der Waals surface area contributed by atoms with Gasteiger partial charge in [-0.15, -0.1) is 0 Å². The number of pyridine rings is 1. The first-order valence-electron chi connectivity index (χ1n) is 9.25. The fraction of sp³-hybridized carbons (Fsp3) is 0.174. The Morgan fingerprint density at radius 2 is 1.83 bits per heavy atom. The quantitative estimate of drug-likeness (QED) is 0.627. The number of ether oxygens (including phenoxy) is 1. The Morgan fingerprint density at radius 3 is 2.55 bits per heavy atom. The van der Waals surface area contributed by atoms with Crippen LogP contribution in [0.25, 0.3) is 17.2 Å². The number of allylic oxidation sites excluding steroid dienone is 1. The lowest BCUT2D eigenvalue weighted by Gasteiger charge is -2.16. The van der Waals surface area contributed by atoms with E-state index >= 15 is 0 Å². The van der Waals surface area contributed by atoms with Crippen LogP contribution in [0.3, 0.4) is 0 Å². The zero-order valence-electron chi connectivity index (χ0n) is 16.6. The second kappa shape index (κ2) is 7.37. The van der Waals surface area contributed by atoms with Gasteiger partial charge in [-0.2, -0.15) is 4.36 Å². The number of hydrogen-bond donors (Lipinski definition) is 0. The molecule has 0 bridgehead atoms. The molecule has 0 saturated heterocycles. The van der Waals surface area contributed by atoms with E-state index in [1.54, 1.807) is 30.2 Å². The number of para-hydroxylation sites is 1. The van der Waals surface area contributed by atoms with Crippen LogP contribution >= 0.6 is 0 Å². The molecule has 148 valence electrons. The smallest absolute Gasteiger partial charge is 0.254 e. The summed E-state index contributed by atoms with van der Waals surface area (Å²) >= 11 is 0. The minimum Gasteiger partial charge on any atom is -0.457 e. The molecule has 4 rings (SSSR count). The van der Waals surface area contributed by atoms with Gasteiger partial charge in [-0.25, -0.2) is 4.21 Å². The summed E-state index contributed by atoms with van der Waals surface area (Å²) in [6.07, 6.45) is 9.62. The third-order valence-electron chi connectivity index (χ3n) is 4.67. The third-order valence-corrected chi connectivity index (χ3v) is 5.32. The van der Waals surface area contributed by atoms with Crippen LogP contribution in [-0.2, 0) is 23.2 Å². The van der Waals surface area contributed by atoms with Gasteiger partial charge in [0.15, 0.2) is 0 Å². The van der Waals surface area contributed by atoms with Gasteiger partial charge in [0.05, 0.1) is 5.69 Å². The van der Waals surface area contributed by atoms with E-state index in [0.29, 0.717) is 23.6 Å². The second-order valence-corrected chi connectivity index (χ2v) is 9.87. The molecule has 3 aromatic rings. The predicted molar refractivity (Wildman–Crippen MR) is 118 cm³/mol. The Kier molecular flexibility index (Phi) is 4.88. The van der Waals surface area contributed by atoms with Crippen molar-refractivity contribution in [3.8, 4) is 22.6 Å². The molecule has 0 spiro atoms. The molecule has 2 aromatic carbocycles. The lowest BCUT2D eigenvalue weighted by molar-refractivity contribution is 0.484. The van der Waals surface area contributed by atoms with Crippen LogP contribution in [0.4, 0.5) is 5.69 Å². The minimum absolute atomic E-state index is 0.00487. The first-order valence-corrected chi connectivity index (χ1v) is 11.6. The molecule has 29 heavy (non-hydrogen) atoms. The number of rotatable bonds is 4. The van der Waals surface area contributed by atoms with Crippen molar-refractivity contribution < 1.29 is 8.95 Å². The maximum atomic E-state index is 12.5. The van der Waals surface area contributed by atoms with Crippen molar-refractivity contribution in [2.45, 2.75) is 6.42 Å². The monoisotopic (exact) mass is 406 g/mol. The average molecular weight is 407 g/mol. The summed E-state index contributed by atoms with van der Waals surface area (Å²) < 4.78 is 24.3. The van der Waals surface area contributed by atoms with E-state index in [0.717, 1.165) is 22.3 Å². The molecular weight excluding hydrogens is 384 g/mol. The molecule has 6 heteroatoms. The molecule has 0 saturated carbocycles. The van der Waals surface area contributed by atoms with E-state index in [2.05, 4.69) is 4.36 Å². The van der Waals surface area contributed by atoms with E-state index in [1.165, 1.54) is 0 Å². The largest absolute Gasteiger partial charge is 0.457 e. The molecule has 5 nitrogen and oxygen atoms in total. The SMILES string of the molecule is Cn1cc(-c2cc(N=S(C)(C)=O)ccc2Oc2ccccc2)c2c(c1=O)CC=C2. The van der Waals surface area contributed by atoms with Crippen molar-refractivity contribution >= 4 is 21.5 Å². The Bertz CT molecular complexity index is 1290. The summed E-state index contributed by atoms with van der Waals surface area (Å²) in [5.41, 5.74) is 3.98. The second-order valence-electron chi connectivity index (χ2n) is 7.33. The summed E-state index contributed by atoms with van der Waals surface area (Å²) in [6.45, 7) is 0. The zero-order chi connectivity index (χ0) is 20.6. The molecule has 1 aliphatic carbocycles. The van der Waals surface area contributed by atoms with Gasteiger partial charge in [-0.3, -0.25) is 4.79 Å². The molecule has 0 unspecified atom stereocenters. The van der Waals surface area contributed by atoms with E-state index in [4.69, 9.17) is 4.74 Å². The third kappa shape index (κ3) is 4.03. The van der Waals surface area contributed by atoms with Crippen molar-refractivity contribution in [3.05, 3.63) is 82.3 Å². The van der Waals surface area contributed by atoms with Crippen molar-refractivity contribution in [2.24, 2.45) is 11.4 Å². The molecular formula is C23H22N2O3S. The highest BCUT2D eigenvalue weighted by Crippen LogP contribution is 2.39. The van der Waals surface area contributed by atoms with E-state index in [1.807, 2.05) is 60.8 Å². The van der Waals surface area contributed by atoms with E-state index < -0.39 is 9.73 Å². The van der Waals surface area contributed by atoms with Crippen LogP contribution in [0, 0.1) is 0 Å². The fourth-order valence-electron chi connectivity index (χ4n) is 3.45. The summed E-state index contributed by atoms with van der Waals surface area (Å²) in [6, 6.07) is 15.0. The van der Waals surface area contributed by atoms with Crippen LogP contribution < -0.4 is 10.3 Å². The minimum atomic E-state index is -2.31. The predicted octanol–water partition coefficient (Wildman–Crippen LogP) is 4.77. The van der Waals surface area contributed by atoms with Gasteiger partial charge in [-0.05, 0) is 42.3 Å². The molecule has 0 N–H and O–H groups in total. The first kappa shape index (κ1) is 19.2. The number of aromatic nitrogens is 1. The number of aryl methyl sites for hydroxylation is 1. The Hall–Kier alpha value is -3.12. The first-order chi connectivity index (χ1) is 13.8. The summed E-state index contributed by atoms with van der Waals surface area (Å²) in [5, 5.41) is 0. The lowest BCUT2D eigenvalue weighted by Crippen LogP contribution is -2.21. The van der Waals surface area contributed by atoms with Gasteiger partial charge in [0.2, 0.25) is 0 Å². The molecule has 0 fully saturated rings. The average Bonchev–Trinajstić information content (AvgIpc) is 3.16. The van der Waals surface area contributed by atoms with Crippen LogP contribution in [0.1, 0.15) is 11.1 Å². The topological polar surface area (TPSA) is 60.7 Å². The van der Waals surface area contributed by atoms with Crippen LogP contribution in [0.5, 0.6) is 11.5 Å². The van der Waals surface area contributed by atoms with Crippen LogP contribution in [-0.4, -0.2) is 21.3 Å². The van der Waals surface area contributed by atoms with Crippen molar-refractivity contribution in [1.29, 1.82) is 0 Å². The standard InChI is InChI=1S/C23H22N2O3S/c1-25-15-21(18-10-7-11-19(18)23(25)26)20-14-16(24-29(2,3)27)12-13-22(20)28-17-8-5-4-6-9-17/h4-10,12-15H,11H2,1-3H3. The van der Waals surface area contributed by atoms with Crippen molar-refractivity contribution in [3.63, 3.8) is 0 Å². The number of benzene rings is 2. The highest BCUT2D eigenvalue weighted by molar-refractivity contribution is 7.92. The molecule has 0 radical (unpaired) electrons. The van der Waals surface area contributed by atoms with Gasteiger partial charge >= 0.3 is 0 Å². The Morgan fingerprint density at radius 1 is 1.07 bits per heavy atom. The van der Waals surface area contributed by atoms with Gasteiger partial charge < -0.3 is 9.30 Å². The summed E-state index contributed by atoms with van der Waals surface area (Å²) in [5.74, 6) is 1.36. The number of fused-ring (bicyclic) bond motifs is 1. The molecule has 1 heterocycles. The molecule has 1 aliphatic rings. The molecule has 0 amide bonds. The summed E-state index contributed by atoms with van der Waals surface area (Å²) in [4.78, 5) is 12.5. The van der Waals surface area contributed by atoms with E-state index in [9.17, 15) is 9.00 Å².